The summed E-state index contributed by atoms with van der Waals surface area (Å²) >= 11 is 0. The summed E-state index contributed by atoms with van der Waals surface area (Å²) < 4.78 is 15.7. The third-order valence-corrected chi connectivity index (χ3v) is 4.52. The molecule has 1 heterocycles. The molecule has 25 heavy (non-hydrogen) atoms. The Hall–Kier alpha value is -3.08. The molecule has 0 N–H and O–H groups in total. The van der Waals surface area contributed by atoms with E-state index in [-0.39, 0.29) is 29.5 Å². The maximum Gasteiger partial charge on any atom is 0.214 e. The molecule has 2 aromatic carbocycles. The molecule has 5 heteroatoms. The molecule has 0 unspecified atom stereocenters. The normalized spacial score (nSPS) is 12.9. The maximum atomic E-state index is 14.0. The first kappa shape index (κ1) is 15.4. The predicted octanol–water partition coefficient (Wildman–Crippen LogP) is 3.41. The minimum absolute atomic E-state index is 0.164. The van der Waals surface area contributed by atoms with Crippen molar-refractivity contribution in [2.24, 2.45) is 0 Å². The second-order valence-corrected chi connectivity index (χ2v) is 5.94. The molecule has 124 valence electrons. The van der Waals surface area contributed by atoms with Crippen LogP contribution in [0.25, 0.3) is 0 Å². The molecule has 0 saturated carbocycles. The van der Waals surface area contributed by atoms with Crippen LogP contribution in [0.2, 0.25) is 0 Å². The second kappa shape index (κ2) is 5.77. The summed E-state index contributed by atoms with van der Waals surface area (Å²) in [7, 11) is 0. The Bertz CT molecular complexity index is 1020. The number of aromatic nitrogens is 2. The maximum absolute atomic E-state index is 14.0. The highest BCUT2D eigenvalue weighted by Crippen LogP contribution is 2.28. The average Bonchev–Trinajstić information content (AvgIpc) is 3.00. The Balaban J connectivity index is 1.87. The topological polar surface area (TPSA) is 52.0 Å². The summed E-state index contributed by atoms with van der Waals surface area (Å²) in [4.78, 5) is 30.0. The van der Waals surface area contributed by atoms with Crippen LogP contribution in [0, 0.1) is 5.82 Å². The molecule has 0 fully saturated rings. The molecular formula is C20H15FN2O2. The van der Waals surface area contributed by atoms with Gasteiger partial charge in [0, 0.05) is 24.1 Å². The highest BCUT2D eigenvalue weighted by molar-refractivity contribution is 6.27. The highest BCUT2D eigenvalue weighted by atomic mass is 19.1. The SMILES string of the molecule is CCn1c(Cc2ccccc2F)nc2c1C(=O)c1ccccc1C2=O. The number of benzene rings is 2. The van der Waals surface area contributed by atoms with Gasteiger partial charge in [0.1, 0.15) is 23.0 Å². The number of halogens is 1. The molecule has 0 radical (unpaired) electrons. The van der Waals surface area contributed by atoms with Gasteiger partial charge in [-0.1, -0.05) is 42.5 Å². The Morgan fingerprint density at radius 3 is 2.28 bits per heavy atom. The van der Waals surface area contributed by atoms with Crippen molar-refractivity contribution in [3.8, 4) is 0 Å². The third kappa shape index (κ3) is 2.31. The molecule has 1 aliphatic rings. The van der Waals surface area contributed by atoms with E-state index < -0.39 is 0 Å². The molecule has 0 spiro atoms. The van der Waals surface area contributed by atoms with Crippen LogP contribution in [0.4, 0.5) is 4.39 Å². The van der Waals surface area contributed by atoms with Crippen molar-refractivity contribution >= 4 is 11.6 Å². The molecular weight excluding hydrogens is 319 g/mol. The van der Waals surface area contributed by atoms with Crippen LogP contribution < -0.4 is 0 Å². The van der Waals surface area contributed by atoms with Crippen molar-refractivity contribution in [2.45, 2.75) is 19.9 Å². The number of carbonyl (C=O) groups is 2. The van der Waals surface area contributed by atoms with Gasteiger partial charge < -0.3 is 4.57 Å². The molecule has 0 amide bonds. The third-order valence-electron chi connectivity index (χ3n) is 4.52. The van der Waals surface area contributed by atoms with E-state index >= 15 is 0 Å². The number of hydrogen-bond acceptors (Lipinski definition) is 3. The molecule has 3 aromatic rings. The van der Waals surface area contributed by atoms with Crippen molar-refractivity contribution in [2.75, 3.05) is 0 Å². The van der Waals surface area contributed by atoms with Gasteiger partial charge >= 0.3 is 0 Å². The van der Waals surface area contributed by atoms with E-state index in [0.29, 0.717) is 34.8 Å². The van der Waals surface area contributed by atoms with Crippen molar-refractivity contribution in [3.63, 3.8) is 0 Å². The summed E-state index contributed by atoms with van der Waals surface area (Å²) in [5.74, 6) is -0.273. The largest absolute Gasteiger partial charge is 0.325 e. The van der Waals surface area contributed by atoms with Crippen LogP contribution in [-0.2, 0) is 13.0 Å². The lowest BCUT2D eigenvalue weighted by Crippen LogP contribution is -2.23. The monoisotopic (exact) mass is 334 g/mol. The van der Waals surface area contributed by atoms with Gasteiger partial charge in [-0.2, -0.15) is 0 Å². The zero-order valence-corrected chi connectivity index (χ0v) is 13.6. The fourth-order valence-corrected chi connectivity index (χ4v) is 3.31. The Morgan fingerprint density at radius 2 is 1.60 bits per heavy atom. The minimum atomic E-state index is -0.327. The van der Waals surface area contributed by atoms with Crippen LogP contribution >= 0.6 is 0 Å². The summed E-state index contributed by atoms with van der Waals surface area (Å²) in [6.07, 6.45) is 0.227. The first-order chi connectivity index (χ1) is 12.1. The molecule has 0 saturated heterocycles. The molecule has 1 aliphatic carbocycles. The van der Waals surface area contributed by atoms with Gasteiger partial charge in [-0.15, -0.1) is 0 Å². The first-order valence-electron chi connectivity index (χ1n) is 8.13. The lowest BCUT2D eigenvalue weighted by molar-refractivity contribution is 0.0971. The standard InChI is InChI=1S/C20H15FN2O2/c1-2-23-16(11-12-7-3-6-10-15(12)21)22-17-18(23)20(25)14-9-5-4-8-13(14)19(17)24/h3-10H,2,11H2,1H3. The summed E-state index contributed by atoms with van der Waals surface area (Å²) in [6.45, 7) is 2.36. The van der Waals surface area contributed by atoms with E-state index in [9.17, 15) is 14.0 Å². The number of hydrogen-bond donors (Lipinski definition) is 0. The fraction of sp³-hybridized carbons (Fsp3) is 0.150. The van der Waals surface area contributed by atoms with E-state index in [0.717, 1.165) is 0 Å². The van der Waals surface area contributed by atoms with Gasteiger partial charge in [0.2, 0.25) is 11.6 Å². The summed E-state index contributed by atoms with van der Waals surface area (Å²) in [6, 6.07) is 13.2. The number of imidazole rings is 1. The van der Waals surface area contributed by atoms with Gasteiger partial charge in [0.25, 0.3) is 0 Å². The van der Waals surface area contributed by atoms with Crippen LogP contribution in [0.1, 0.15) is 50.4 Å². The van der Waals surface area contributed by atoms with Gasteiger partial charge in [-0.25, -0.2) is 9.37 Å². The molecule has 0 bridgehead atoms. The predicted molar refractivity (Wildman–Crippen MR) is 90.4 cm³/mol. The lowest BCUT2D eigenvalue weighted by atomic mass is 9.90. The smallest absolute Gasteiger partial charge is 0.214 e. The van der Waals surface area contributed by atoms with Gasteiger partial charge in [-0.3, -0.25) is 9.59 Å². The van der Waals surface area contributed by atoms with E-state index in [1.165, 1.54) is 6.07 Å². The minimum Gasteiger partial charge on any atom is -0.325 e. The van der Waals surface area contributed by atoms with E-state index in [2.05, 4.69) is 4.98 Å². The number of carbonyl (C=O) groups excluding carboxylic acids is 2. The molecule has 4 nitrogen and oxygen atoms in total. The van der Waals surface area contributed by atoms with Gasteiger partial charge in [0.15, 0.2) is 0 Å². The highest BCUT2D eigenvalue weighted by Gasteiger charge is 2.35. The zero-order chi connectivity index (χ0) is 17.6. The van der Waals surface area contributed by atoms with Gasteiger partial charge in [0.05, 0.1) is 0 Å². The average molecular weight is 334 g/mol. The summed E-state index contributed by atoms with van der Waals surface area (Å²) in [5.41, 5.74) is 1.72. The Morgan fingerprint density at radius 1 is 0.960 bits per heavy atom. The number of ketones is 2. The van der Waals surface area contributed by atoms with Crippen LogP contribution in [-0.4, -0.2) is 21.1 Å². The molecule has 0 aliphatic heterocycles. The van der Waals surface area contributed by atoms with Crippen molar-refractivity contribution in [3.05, 3.63) is 88.3 Å². The quantitative estimate of drug-likeness (QED) is 0.577. The van der Waals surface area contributed by atoms with Gasteiger partial charge in [-0.05, 0) is 18.6 Å². The molecule has 1 aromatic heterocycles. The molecule has 0 atom stereocenters. The van der Waals surface area contributed by atoms with Crippen LogP contribution in [0.15, 0.2) is 48.5 Å². The van der Waals surface area contributed by atoms with Crippen LogP contribution in [0.3, 0.4) is 0 Å². The lowest BCUT2D eigenvalue weighted by Gasteiger charge is -2.15. The van der Waals surface area contributed by atoms with E-state index in [1.807, 2.05) is 6.92 Å². The van der Waals surface area contributed by atoms with Crippen molar-refractivity contribution in [1.29, 1.82) is 0 Å². The number of nitrogens with zero attached hydrogens (tertiary/aromatic N) is 2. The van der Waals surface area contributed by atoms with Crippen molar-refractivity contribution in [1.82, 2.24) is 9.55 Å². The summed E-state index contributed by atoms with van der Waals surface area (Å²) in [5, 5.41) is 0. The van der Waals surface area contributed by atoms with Crippen LogP contribution in [0.5, 0.6) is 0 Å². The zero-order valence-electron chi connectivity index (χ0n) is 13.6. The number of fused-ring (bicyclic) bond motifs is 2. The van der Waals surface area contributed by atoms with E-state index in [1.54, 1.807) is 47.0 Å². The van der Waals surface area contributed by atoms with E-state index in [4.69, 9.17) is 0 Å². The Kier molecular flexibility index (Phi) is 3.57. The fourth-order valence-electron chi connectivity index (χ4n) is 3.31. The molecule has 4 rings (SSSR count). The Labute approximate surface area is 143 Å². The number of rotatable bonds is 3. The second-order valence-electron chi connectivity index (χ2n) is 5.94. The first-order valence-corrected chi connectivity index (χ1v) is 8.13. The van der Waals surface area contributed by atoms with Crippen molar-refractivity contribution < 1.29 is 14.0 Å².